The summed E-state index contributed by atoms with van der Waals surface area (Å²) in [7, 11) is -3.48. The summed E-state index contributed by atoms with van der Waals surface area (Å²) in [6.45, 7) is 5.47. The van der Waals surface area contributed by atoms with Crippen molar-refractivity contribution in [2.24, 2.45) is 0 Å². The van der Waals surface area contributed by atoms with Gasteiger partial charge in [0.15, 0.2) is 0 Å². The van der Waals surface area contributed by atoms with E-state index in [1.807, 2.05) is 13.8 Å². The molecule has 0 unspecified atom stereocenters. The fraction of sp³-hybridized carbons (Fsp3) is 0.235. The molecule has 0 aliphatic carbocycles. The van der Waals surface area contributed by atoms with Crippen LogP contribution in [0.3, 0.4) is 0 Å². The van der Waals surface area contributed by atoms with Crippen molar-refractivity contribution in [3.63, 3.8) is 0 Å². The fourth-order valence-electron chi connectivity index (χ4n) is 2.56. The molecule has 10 heteroatoms. The summed E-state index contributed by atoms with van der Waals surface area (Å²) in [4.78, 5) is 31.1. The first-order valence-electron chi connectivity index (χ1n) is 7.94. The van der Waals surface area contributed by atoms with Crippen molar-refractivity contribution >= 4 is 43.2 Å². The molecule has 0 atom stereocenters. The van der Waals surface area contributed by atoms with Gasteiger partial charge in [-0.05, 0) is 44.0 Å². The van der Waals surface area contributed by atoms with Crippen molar-refractivity contribution in [1.29, 1.82) is 0 Å². The van der Waals surface area contributed by atoms with Crippen LogP contribution in [0.4, 0.5) is 5.69 Å². The second-order valence-electron chi connectivity index (χ2n) is 6.23. The third-order valence-corrected chi connectivity index (χ3v) is 5.81. The Balaban J connectivity index is 1.95. The topological polar surface area (TPSA) is 110 Å². The Morgan fingerprint density at radius 2 is 1.93 bits per heavy atom. The summed E-state index contributed by atoms with van der Waals surface area (Å²) < 4.78 is 26.3. The third-order valence-electron chi connectivity index (χ3n) is 4.11. The molecule has 0 fully saturated rings. The predicted molar refractivity (Wildman–Crippen MR) is 107 cm³/mol. The van der Waals surface area contributed by atoms with Crippen LogP contribution in [0.15, 0.2) is 29.3 Å². The molecule has 3 aromatic rings. The van der Waals surface area contributed by atoms with E-state index in [4.69, 9.17) is 0 Å². The maximum Gasteiger partial charge on any atom is 0.281 e. The van der Waals surface area contributed by atoms with E-state index in [2.05, 4.69) is 15.1 Å². The van der Waals surface area contributed by atoms with Crippen molar-refractivity contribution in [2.75, 3.05) is 16.4 Å². The largest absolute Gasteiger partial charge is 0.283 e. The summed E-state index contributed by atoms with van der Waals surface area (Å²) in [6, 6.07) is 4.59. The van der Waals surface area contributed by atoms with Crippen LogP contribution in [0.5, 0.6) is 0 Å². The molecule has 0 aliphatic rings. The minimum atomic E-state index is -3.48. The Kier molecular flexibility index (Phi) is 4.79. The molecule has 8 nitrogen and oxygen atoms in total. The van der Waals surface area contributed by atoms with Gasteiger partial charge in [-0.2, -0.15) is 0 Å². The van der Waals surface area contributed by atoms with Crippen LogP contribution in [0.2, 0.25) is 0 Å². The molecule has 142 valence electrons. The van der Waals surface area contributed by atoms with E-state index in [9.17, 15) is 18.0 Å². The first kappa shape index (κ1) is 19.1. The van der Waals surface area contributed by atoms with Crippen LogP contribution in [0.1, 0.15) is 26.4 Å². The van der Waals surface area contributed by atoms with E-state index in [0.29, 0.717) is 21.5 Å². The van der Waals surface area contributed by atoms with Crippen LogP contribution < -0.4 is 15.7 Å². The number of carbonyl (C=O) groups excluding carboxylic acids is 1. The molecule has 2 heterocycles. The third kappa shape index (κ3) is 3.86. The van der Waals surface area contributed by atoms with Crippen molar-refractivity contribution in [1.82, 2.24) is 9.66 Å². The molecule has 3 rings (SSSR count). The smallest absolute Gasteiger partial charge is 0.281 e. The van der Waals surface area contributed by atoms with Gasteiger partial charge in [-0.3, -0.25) is 19.7 Å². The number of aryl methyl sites for hydroxylation is 3. The van der Waals surface area contributed by atoms with Crippen molar-refractivity contribution in [3.8, 4) is 0 Å². The average molecular weight is 406 g/mol. The van der Waals surface area contributed by atoms with Gasteiger partial charge in [-0.15, -0.1) is 11.3 Å². The lowest BCUT2D eigenvalue weighted by atomic mass is 10.1. The van der Waals surface area contributed by atoms with Gasteiger partial charge in [-0.1, -0.05) is 6.07 Å². The van der Waals surface area contributed by atoms with Crippen molar-refractivity contribution in [2.45, 2.75) is 20.8 Å². The van der Waals surface area contributed by atoms with Gasteiger partial charge in [-0.25, -0.2) is 18.1 Å². The monoisotopic (exact) mass is 406 g/mol. The highest BCUT2D eigenvalue weighted by Gasteiger charge is 2.15. The second-order valence-corrected chi connectivity index (χ2v) is 9.18. The molecule has 0 bridgehead atoms. The quantitative estimate of drug-likeness (QED) is 0.690. The van der Waals surface area contributed by atoms with Crippen molar-refractivity contribution in [3.05, 3.63) is 56.4 Å². The SMILES string of the molecule is Cc1ccc(C(=O)Nn2cnc3sc(C)c(C)c3c2=O)cc1NS(C)(=O)=O. The minimum absolute atomic E-state index is 0.206. The standard InChI is InChI=1S/C17H18N4O4S2/c1-9-5-6-12(7-13(9)20-27(4,24)25)15(22)19-21-8-18-16-14(17(21)23)10(2)11(3)26-16/h5-8,20H,1-4H3,(H,19,22). The van der Waals surface area contributed by atoms with E-state index in [1.165, 1.54) is 23.7 Å². The number of nitrogens with zero attached hydrogens (tertiary/aromatic N) is 2. The van der Waals surface area contributed by atoms with E-state index in [1.54, 1.807) is 19.1 Å². The highest BCUT2D eigenvalue weighted by molar-refractivity contribution is 7.92. The van der Waals surface area contributed by atoms with Crippen molar-refractivity contribution < 1.29 is 13.2 Å². The maximum atomic E-state index is 12.7. The van der Waals surface area contributed by atoms with Crippen LogP contribution in [-0.4, -0.2) is 30.2 Å². The van der Waals surface area contributed by atoms with E-state index >= 15 is 0 Å². The normalized spacial score (nSPS) is 11.6. The zero-order valence-electron chi connectivity index (χ0n) is 15.2. The summed E-state index contributed by atoms with van der Waals surface area (Å²) in [5, 5.41) is 0.476. The Labute approximate surface area is 159 Å². The minimum Gasteiger partial charge on any atom is -0.283 e. The van der Waals surface area contributed by atoms with Crippen LogP contribution >= 0.6 is 11.3 Å². The van der Waals surface area contributed by atoms with Gasteiger partial charge >= 0.3 is 0 Å². The Morgan fingerprint density at radius 1 is 1.22 bits per heavy atom. The highest BCUT2D eigenvalue weighted by Crippen LogP contribution is 2.25. The zero-order valence-corrected chi connectivity index (χ0v) is 16.8. The number of thiophene rings is 1. The lowest BCUT2D eigenvalue weighted by Gasteiger charge is -2.11. The fourth-order valence-corrected chi connectivity index (χ4v) is 4.17. The molecule has 27 heavy (non-hydrogen) atoms. The van der Waals surface area contributed by atoms with E-state index in [-0.39, 0.29) is 11.1 Å². The van der Waals surface area contributed by atoms with Gasteiger partial charge < -0.3 is 0 Å². The highest BCUT2D eigenvalue weighted by atomic mass is 32.2. The van der Waals surface area contributed by atoms with Gasteiger partial charge in [0.1, 0.15) is 11.2 Å². The van der Waals surface area contributed by atoms with E-state index < -0.39 is 15.9 Å². The number of sulfonamides is 1. The number of rotatable bonds is 4. The number of carbonyl (C=O) groups is 1. The number of hydrogen-bond donors (Lipinski definition) is 2. The van der Waals surface area contributed by atoms with Gasteiger partial charge in [0, 0.05) is 10.4 Å². The molecular weight excluding hydrogens is 388 g/mol. The summed E-state index contributed by atoms with van der Waals surface area (Å²) >= 11 is 1.42. The number of anilines is 1. The Bertz CT molecular complexity index is 1230. The predicted octanol–water partition coefficient (Wildman–Crippen LogP) is 2.14. The zero-order chi connectivity index (χ0) is 19.9. The number of hydrogen-bond acceptors (Lipinski definition) is 6. The number of fused-ring (bicyclic) bond motifs is 1. The number of benzene rings is 1. The molecule has 0 spiro atoms. The molecule has 1 aromatic carbocycles. The molecule has 0 aliphatic heterocycles. The Morgan fingerprint density at radius 3 is 2.59 bits per heavy atom. The molecule has 1 amide bonds. The molecule has 0 radical (unpaired) electrons. The maximum absolute atomic E-state index is 12.7. The summed E-state index contributed by atoms with van der Waals surface area (Å²) in [6.07, 6.45) is 2.30. The number of aromatic nitrogens is 2. The molecule has 2 aromatic heterocycles. The van der Waals surface area contributed by atoms with Gasteiger partial charge in [0.2, 0.25) is 10.0 Å². The second kappa shape index (κ2) is 6.78. The summed E-state index contributed by atoms with van der Waals surface area (Å²) in [5.41, 5.74) is 4.14. The van der Waals surface area contributed by atoms with Crippen LogP contribution in [0.25, 0.3) is 10.2 Å². The average Bonchev–Trinajstić information content (AvgIpc) is 2.86. The van der Waals surface area contributed by atoms with Crippen LogP contribution in [-0.2, 0) is 10.0 Å². The van der Waals surface area contributed by atoms with E-state index in [0.717, 1.165) is 21.4 Å². The lowest BCUT2D eigenvalue weighted by Crippen LogP contribution is -2.33. The molecule has 0 saturated heterocycles. The molecule has 2 N–H and O–H groups in total. The Hall–Kier alpha value is -2.72. The molecule has 0 saturated carbocycles. The van der Waals surface area contributed by atoms with Gasteiger partial charge in [0.25, 0.3) is 11.5 Å². The number of amides is 1. The van der Waals surface area contributed by atoms with Crippen LogP contribution in [0, 0.1) is 20.8 Å². The first-order chi connectivity index (χ1) is 12.6. The first-order valence-corrected chi connectivity index (χ1v) is 10.6. The summed E-state index contributed by atoms with van der Waals surface area (Å²) in [5.74, 6) is -0.556. The number of nitrogens with one attached hydrogen (secondary N) is 2. The lowest BCUT2D eigenvalue weighted by molar-refractivity contribution is 0.101. The van der Waals surface area contributed by atoms with Gasteiger partial charge in [0.05, 0.1) is 17.3 Å². The molecular formula is C17H18N4O4S2.